The van der Waals surface area contributed by atoms with E-state index in [4.69, 9.17) is 10.2 Å². The second-order valence-electron chi connectivity index (χ2n) is 2.37. The Bertz CT molecular complexity index is 167. The molecule has 0 aromatic carbocycles. The van der Waals surface area contributed by atoms with Crippen molar-refractivity contribution in [1.82, 2.24) is 0 Å². The Hall–Kier alpha value is -1.10. The zero-order valence-corrected chi connectivity index (χ0v) is 5.69. The lowest BCUT2D eigenvalue weighted by Gasteiger charge is -2.04. The van der Waals surface area contributed by atoms with Gasteiger partial charge in [0.05, 0.1) is 0 Å². The van der Waals surface area contributed by atoms with Gasteiger partial charge in [0.1, 0.15) is 0 Å². The van der Waals surface area contributed by atoms with E-state index in [0.717, 1.165) is 0 Å². The third-order valence-electron chi connectivity index (χ3n) is 1.57. The molecule has 5 nitrogen and oxygen atoms in total. The minimum Gasteiger partial charge on any atom is -0.479 e. The van der Waals surface area contributed by atoms with Crippen LogP contribution in [0.15, 0.2) is 0 Å². The van der Waals surface area contributed by atoms with Crippen molar-refractivity contribution in [3.63, 3.8) is 0 Å². The smallest absolute Gasteiger partial charge is 0.332 e. The number of hydrogen-bond donors (Lipinski definition) is 2. The predicted molar refractivity (Wildman–Crippen MR) is 33.2 cm³/mol. The number of carboxylic acid groups (broad SMARTS) is 2. The maximum absolute atomic E-state index is 10.3. The summed E-state index contributed by atoms with van der Waals surface area (Å²) < 4.78 is 4.69. The van der Waals surface area contributed by atoms with E-state index in [9.17, 15) is 9.59 Å². The Morgan fingerprint density at radius 3 is 1.64 bits per heavy atom. The molecule has 0 amide bonds. The van der Waals surface area contributed by atoms with Crippen LogP contribution in [0, 0.1) is 0 Å². The van der Waals surface area contributed by atoms with Crippen LogP contribution in [0.2, 0.25) is 0 Å². The van der Waals surface area contributed by atoms with E-state index in [2.05, 4.69) is 4.74 Å². The van der Waals surface area contributed by atoms with Crippen LogP contribution in [0.5, 0.6) is 0 Å². The fraction of sp³-hybridized carbons (Fsp3) is 0.667. The molecule has 1 fully saturated rings. The highest BCUT2D eigenvalue weighted by Gasteiger charge is 2.34. The van der Waals surface area contributed by atoms with Gasteiger partial charge in [-0.1, -0.05) is 0 Å². The maximum Gasteiger partial charge on any atom is 0.332 e. The molecule has 0 aromatic rings. The highest BCUT2D eigenvalue weighted by atomic mass is 16.5. The van der Waals surface area contributed by atoms with Crippen LogP contribution < -0.4 is 0 Å². The molecule has 62 valence electrons. The van der Waals surface area contributed by atoms with Crippen LogP contribution in [0.4, 0.5) is 0 Å². The van der Waals surface area contributed by atoms with Gasteiger partial charge in [-0.25, -0.2) is 9.59 Å². The van der Waals surface area contributed by atoms with Crippen molar-refractivity contribution in [2.24, 2.45) is 0 Å². The molecule has 0 aliphatic carbocycles. The molecule has 1 aliphatic rings. The number of aliphatic carboxylic acids is 2. The molecule has 1 unspecified atom stereocenters. The quantitative estimate of drug-likeness (QED) is 0.579. The minimum absolute atomic E-state index is 0.284. The zero-order valence-electron chi connectivity index (χ0n) is 5.69. The SMILES string of the molecule is O=C(O)C1CC[C@@H](C(=O)O)O1. The van der Waals surface area contributed by atoms with Gasteiger partial charge in [-0.15, -0.1) is 0 Å². The van der Waals surface area contributed by atoms with Crippen LogP contribution in [0.25, 0.3) is 0 Å². The van der Waals surface area contributed by atoms with Crippen molar-refractivity contribution < 1.29 is 24.5 Å². The Kier molecular flexibility index (Phi) is 2.09. The van der Waals surface area contributed by atoms with Crippen molar-refractivity contribution in [2.75, 3.05) is 0 Å². The van der Waals surface area contributed by atoms with Gasteiger partial charge in [-0.2, -0.15) is 0 Å². The molecule has 2 atom stereocenters. The minimum atomic E-state index is -1.09. The van der Waals surface area contributed by atoms with E-state index in [1.54, 1.807) is 0 Å². The van der Waals surface area contributed by atoms with Crippen LogP contribution in [-0.4, -0.2) is 34.4 Å². The molecule has 0 saturated carbocycles. The van der Waals surface area contributed by atoms with E-state index < -0.39 is 24.1 Å². The third-order valence-corrected chi connectivity index (χ3v) is 1.57. The summed E-state index contributed by atoms with van der Waals surface area (Å²) in [7, 11) is 0. The van der Waals surface area contributed by atoms with Gasteiger partial charge in [0, 0.05) is 0 Å². The van der Waals surface area contributed by atoms with Crippen LogP contribution >= 0.6 is 0 Å². The molecule has 1 aliphatic heterocycles. The highest BCUT2D eigenvalue weighted by Crippen LogP contribution is 2.19. The normalized spacial score (nSPS) is 30.2. The van der Waals surface area contributed by atoms with Gasteiger partial charge in [0.25, 0.3) is 0 Å². The fourth-order valence-corrected chi connectivity index (χ4v) is 1.00. The molecular formula is C6H8O5. The van der Waals surface area contributed by atoms with Crippen molar-refractivity contribution in [1.29, 1.82) is 0 Å². The Labute approximate surface area is 62.6 Å². The summed E-state index contributed by atoms with van der Waals surface area (Å²) in [6, 6.07) is 0. The standard InChI is InChI=1S/C6H8O5/c7-5(8)3-1-2-4(11-3)6(9)10/h3-4H,1-2H2,(H,7,8)(H,9,10)/t3-,4?/m0/s1. The lowest BCUT2D eigenvalue weighted by atomic mass is 10.2. The van der Waals surface area contributed by atoms with Crippen molar-refractivity contribution in [2.45, 2.75) is 25.0 Å². The molecule has 0 radical (unpaired) electrons. The lowest BCUT2D eigenvalue weighted by Crippen LogP contribution is -2.24. The third kappa shape index (κ3) is 1.68. The molecule has 0 spiro atoms. The number of carbonyl (C=O) groups is 2. The van der Waals surface area contributed by atoms with Crippen molar-refractivity contribution in [3.05, 3.63) is 0 Å². The van der Waals surface area contributed by atoms with E-state index in [-0.39, 0.29) is 12.8 Å². The first kappa shape index (κ1) is 8.00. The molecule has 0 aromatic heterocycles. The topological polar surface area (TPSA) is 83.8 Å². The van der Waals surface area contributed by atoms with Gasteiger partial charge >= 0.3 is 11.9 Å². The summed E-state index contributed by atoms with van der Waals surface area (Å²) in [5.41, 5.74) is 0. The summed E-state index contributed by atoms with van der Waals surface area (Å²) in [5, 5.41) is 16.8. The highest BCUT2D eigenvalue weighted by molar-refractivity contribution is 5.76. The second-order valence-corrected chi connectivity index (χ2v) is 2.37. The van der Waals surface area contributed by atoms with E-state index in [0.29, 0.717) is 0 Å². The summed E-state index contributed by atoms with van der Waals surface area (Å²) in [6.07, 6.45) is -1.30. The van der Waals surface area contributed by atoms with E-state index >= 15 is 0 Å². The molecule has 2 N–H and O–H groups in total. The van der Waals surface area contributed by atoms with Crippen LogP contribution in [-0.2, 0) is 14.3 Å². The maximum atomic E-state index is 10.3. The van der Waals surface area contributed by atoms with Crippen LogP contribution in [0.3, 0.4) is 0 Å². The van der Waals surface area contributed by atoms with E-state index in [1.807, 2.05) is 0 Å². The molecule has 1 rings (SSSR count). The number of rotatable bonds is 2. The Balaban J connectivity index is 2.47. The van der Waals surface area contributed by atoms with Crippen LogP contribution in [0.1, 0.15) is 12.8 Å². The fourth-order valence-electron chi connectivity index (χ4n) is 1.00. The van der Waals surface area contributed by atoms with Crippen molar-refractivity contribution in [3.8, 4) is 0 Å². The van der Waals surface area contributed by atoms with Gasteiger partial charge in [-0.05, 0) is 12.8 Å². The zero-order chi connectivity index (χ0) is 8.43. The summed E-state index contributed by atoms with van der Waals surface area (Å²) in [5.74, 6) is -2.18. The summed E-state index contributed by atoms with van der Waals surface area (Å²) >= 11 is 0. The van der Waals surface area contributed by atoms with Gasteiger partial charge < -0.3 is 14.9 Å². The molecule has 0 bridgehead atoms. The second kappa shape index (κ2) is 2.87. The number of carboxylic acids is 2. The number of ether oxygens (including phenoxy) is 1. The first-order valence-electron chi connectivity index (χ1n) is 3.22. The molecule has 1 heterocycles. The van der Waals surface area contributed by atoms with Gasteiger partial charge in [0.15, 0.2) is 12.2 Å². The monoisotopic (exact) mass is 160 g/mol. The average Bonchev–Trinajstić information content (AvgIpc) is 2.33. The van der Waals surface area contributed by atoms with E-state index in [1.165, 1.54) is 0 Å². The largest absolute Gasteiger partial charge is 0.479 e. The lowest BCUT2D eigenvalue weighted by molar-refractivity contribution is -0.157. The van der Waals surface area contributed by atoms with Gasteiger partial charge in [0.2, 0.25) is 0 Å². The first-order chi connectivity index (χ1) is 5.11. The molecular weight excluding hydrogens is 152 g/mol. The molecule has 11 heavy (non-hydrogen) atoms. The van der Waals surface area contributed by atoms with Gasteiger partial charge in [-0.3, -0.25) is 0 Å². The summed E-state index contributed by atoms with van der Waals surface area (Å²) in [6.45, 7) is 0. The summed E-state index contributed by atoms with van der Waals surface area (Å²) in [4.78, 5) is 20.5. The molecule has 5 heteroatoms. The average molecular weight is 160 g/mol. The first-order valence-corrected chi connectivity index (χ1v) is 3.22. The molecule has 1 saturated heterocycles. The van der Waals surface area contributed by atoms with Crippen molar-refractivity contribution >= 4 is 11.9 Å². The number of hydrogen-bond acceptors (Lipinski definition) is 3. The Morgan fingerprint density at radius 2 is 1.45 bits per heavy atom. The predicted octanol–water partition coefficient (Wildman–Crippen LogP) is -0.297. The Morgan fingerprint density at radius 1 is 1.09 bits per heavy atom.